The number of nitrogens with two attached hydrogens (primary N) is 1. The van der Waals surface area contributed by atoms with Gasteiger partial charge in [0.1, 0.15) is 5.82 Å². The fourth-order valence-corrected chi connectivity index (χ4v) is 2.51. The number of aromatic nitrogens is 2. The monoisotopic (exact) mass is 231 g/mol. The van der Waals surface area contributed by atoms with Gasteiger partial charge in [0.25, 0.3) is 0 Å². The number of benzene rings is 1. The number of aryl methyl sites for hydroxylation is 2. The minimum atomic E-state index is -0.605. The minimum absolute atomic E-state index is 0.256. The lowest BCUT2D eigenvalue weighted by Gasteiger charge is -2.14. The summed E-state index contributed by atoms with van der Waals surface area (Å²) in [6.45, 7) is 2.85. The predicted molar refractivity (Wildman–Crippen MR) is 66.7 cm³/mol. The smallest absolute Gasteiger partial charge is 0.109 e. The Kier molecular flexibility index (Phi) is 2.42. The van der Waals surface area contributed by atoms with Gasteiger partial charge < -0.3 is 15.4 Å². The van der Waals surface area contributed by atoms with Crippen molar-refractivity contribution in [2.24, 2.45) is 5.73 Å². The summed E-state index contributed by atoms with van der Waals surface area (Å²) in [6, 6.07) is 5.65. The van der Waals surface area contributed by atoms with Crippen LogP contribution in [0.15, 0.2) is 18.2 Å². The number of nitrogens with zero attached hydrogens (tertiary/aromatic N) is 2. The van der Waals surface area contributed by atoms with Crippen molar-refractivity contribution < 1.29 is 5.11 Å². The highest BCUT2D eigenvalue weighted by molar-refractivity contribution is 5.77. The van der Waals surface area contributed by atoms with Crippen molar-refractivity contribution in [2.45, 2.75) is 38.5 Å². The van der Waals surface area contributed by atoms with E-state index in [2.05, 4.69) is 9.55 Å². The standard InChI is InChI=1S/C13H17N3O/c1-8(14)13(17)9-4-5-10-11(7-9)16-6-2-3-12(16)15-10/h4-5,7-8,13,17H,2-3,6,14H2,1H3. The van der Waals surface area contributed by atoms with Gasteiger partial charge in [0.2, 0.25) is 0 Å². The Balaban J connectivity index is 2.12. The molecule has 2 unspecified atom stereocenters. The number of hydrogen-bond donors (Lipinski definition) is 2. The van der Waals surface area contributed by atoms with Crippen LogP contribution in [-0.4, -0.2) is 20.7 Å². The molecule has 3 rings (SSSR count). The van der Waals surface area contributed by atoms with E-state index in [1.54, 1.807) is 0 Å². The second-order valence-electron chi connectivity index (χ2n) is 4.84. The Morgan fingerprint density at radius 3 is 3.06 bits per heavy atom. The molecule has 0 fully saturated rings. The van der Waals surface area contributed by atoms with E-state index in [9.17, 15) is 5.11 Å². The Morgan fingerprint density at radius 1 is 1.47 bits per heavy atom. The van der Waals surface area contributed by atoms with Crippen LogP contribution in [0, 0.1) is 0 Å². The van der Waals surface area contributed by atoms with Crippen LogP contribution in [0.3, 0.4) is 0 Å². The third-order valence-corrected chi connectivity index (χ3v) is 3.47. The Morgan fingerprint density at radius 2 is 2.29 bits per heavy atom. The summed E-state index contributed by atoms with van der Waals surface area (Å²) in [6.07, 6.45) is 1.62. The molecule has 0 saturated carbocycles. The molecule has 3 N–H and O–H groups in total. The van der Waals surface area contributed by atoms with Crippen LogP contribution in [0.25, 0.3) is 11.0 Å². The molecule has 2 heterocycles. The van der Waals surface area contributed by atoms with Crippen LogP contribution in [0.5, 0.6) is 0 Å². The maximum absolute atomic E-state index is 9.99. The van der Waals surface area contributed by atoms with Gasteiger partial charge in [-0.1, -0.05) is 6.07 Å². The van der Waals surface area contributed by atoms with Crippen LogP contribution in [-0.2, 0) is 13.0 Å². The number of imidazole rings is 1. The van der Waals surface area contributed by atoms with Gasteiger partial charge in [0.05, 0.1) is 17.1 Å². The van der Waals surface area contributed by atoms with Crippen molar-refractivity contribution in [1.29, 1.82) is 0 Å². The van der Waals surface area contributed by atoms with E-state index < -0.39 is 6.10 Å². The molecule has 1 aliphatic rings. The van der Waals surface area contributed by atoms with Crippen LogP contribution in [0.1, 0.15) is 30.8 Å². The number of hydrogen-bond acceptors (Lipinski definition) is 3. The normalized spacial score (nSPS) is 18.3. The van der Waals surface area contributed by atoms with Crippen molar-refractivity contribution >= 4 is 11.0 Å². The molecule has 1 aromatic heterocycles. The van der Waals surface area contributed by atoms with Crippen molar-refractivity contribution in [3.63, 3.8) is 0 Å². The average Bonchev–Trinajstić information content (AvgIpc) is 2.87. The average molecular weight is 231 g/mol. The second kappa shape index (κ2) is 3.82. The zero-order valence-corrected chi connectivity index (χ0v) is 9.93. The first-order valence-electron chi connectivity index (χ1n) is 6.09. The molecule has 4 nitrogen and oxygen atoms in total. The van der Waals surface area contributed by atoms with Gasteiger partial charge in [0, 0.05) is 19.0 Å². The molecule has 17 heavy (non-hydrogen) atoms. The summed E-state index contributed by atoms with van der Waals surface area (Å²) < 4.78 is 2.24. The highest BCUT2D eigenvalue weighted by atomic mass is 16.3. The molecule has 0 radical (unpaired) electrons. The fourth-order valence-electron chi connectivity index (χ4n) is 2.51. The number of aliphatic hydroxyl groups is 1. The first-order valence-corrected chi connectivity index (χ1v) is 6.09. The zero-order valence-electron chi connectivity index (χ0n) is 9.93. The maximum Gasteiger partial charge on any atom is 0.109 e. The van der Waals surface area contributed by atoms with E-state index in [-0.39, 0.29) is 6.04 Å². The van der Waals surface area contributed by atoms with Gasteiger partial charge in [-0.05, 0) is 31.0 Å². The Labute approximate surface area is 100 Å². The van der Waals surface area contributed by atoms with E-state index in [0.717, 1.165) is 35.4 Å². The van der Waals surface area contributed by atoms with E-state index >= 15 is 0 Å². The first-order chi connectivity index (χ1) is 8.16. The van der Waals surface area contributed by atoms with E-state index in [1.807, 2.05) is 25.1 Å². The molecule has 1 aliphatic heterocycles. The fraction of sp³-hybridized carbons (Fsp3) is 0.462. The SMILES string of the molecule is CC(N)C(O)c1ccc2nc3n(c2c1)CCC3. The number of aliphatic hydroxyl groups excluding tert-OH is 1. The molecular formula is C13H17N3O. The zero-order chi connectivity index (χ0) is 12.0. The molecular weight excluding hydrogens is 214 g/mol. The maximum atomic E-state index is 9.99. The van der Waals surface area contributed by atoms with E-state index in [0.29, 0.717) is 0 Å². The van der Waals surface area contributed by atoms with Gasteiger partial charge in [-0.2, -0.15) is 0 Å². The minimum Gasteiger partial charge on any atom is -0.387 e. The van der Waals surface area contributed by atoms with Gasteiger partial charge in [-0.25, -0.2) is 4.98 Å². The van der Waals surface area contributed by atoms with E-state index in [4.69, 9.17) is 5.73 Å². The van der Waals surface area contributed by atoms with Crippen LogP contribution in [0.2, 0.25) is 0 Å². The molecule has 90 valence electrons. The van der Waals surface area contributed by atoms with Crippen molar-refractivity contribution in [1.82, 2.24) is 9.55 Å². The molecule has 0 bridgehead atoms. The molecule has 0 saturated heterocycles. The number of rotatable bonds is 2. The van der Waals surface area contributed by atoms with Crippen LogP contribution in [0.4, 0.5) is 0 Å². The summed E-state index contributed by atoms with van der Waals surface area (Å²) in [5.41, 5.74) is 8.74. The lowest BCUT2D eigenvalue weighted by molar-refractivity contribution is 0.153. The summed E-state index contributed by atoms with van der Waals surface area (Å²) in [4.78, 5) is 4.59. The topological polar surface area (TPSA) is 64.1 Å². The largest absolute Gasteiger partial charge is 0.387 e. The third-order valence-electron chi connectivity index (χ3n) is 3.47. The second-order valence-corrected chi connectivity index (χ2v) is 4.84. The molecule has 2 atom stereocenters. The molecule has 0 aliphatic carbocycles. The predicted octanol–water partition coefficient (Wildman–Crippen LogP) is 1.36. The van der Waals surface area contributed by atoms with Crippen LogP contribution < -0.4 is 5.73 Å². The highest BCUT2D eigenvalue weighted by Gasteiger charge is 2.18. The summed E-state index contributed by atoms with van der Waals surface area (Å²) in [5, 5.41) is 9.99. The summed E-state index contributed by atoms with van der Waals surface area (Å²) in [5.74, 6) is 1.16. The Bertz CT molecular complexity index is 559. The molecule has 0 amide bonds. The summed E-state index contributed by atoms with van der Waals surface area (Å²) in [7, 11) is 0. The molecule has 0 spiro atoms. The van der Waals surface area contributed by atoms with Gasteiger partial charge >= 0.3 is 0 Å². The lowest BCUT2D eigenvalue weighted by Crippen LogP contribution is -2.24. The van der Waals surface area contributed by atoms with Gasteiger partial charge in [-0.15, -0.1) is 0 Å². The quantitative estimate of drug-likeness (QED) is 0.820. The molecule has 1 aromatic carbocycles. The molecule has 4 heteroatoms. The summed E-state index contributed by atoms with van der Waals surface area (Å²) >= 11 is 0. The Hall–Kier alpha value is -1.39. The number of fused-ring (bicyclic) bond motifs is 3. The van der Waals surface area contributed by atoms with Crippen LogP contribution >= 0.6 is 0 Å². The lowest BCUT2D eigenvalue weighted by atomic mass is 10.0. The molecule has 2 aromatic rings. The van der Waals surface area contributed by atoms with Crippen molar-refractivity contribution in [2.75, 3.05) is 0 Å². The first kappa shape index (κ1) is 10.7. The highest BCUT2D eigenvalue weighted by Crippen LogP contribution is 2.26. The van der Waals surface area contributed by atoms with Gasteiger partial charge in [0.15, 0.2) is 0 Å². The van der Waals surface area contributed by atoms with E-state index in [1.165, 1.54) is 6.42 Å². The van der Waals surface area contributed by atoms with Crippen molar-refractivity contribution in [3.8, 4) is 0 Å². The third kappa shape index (κ3) is 1.64. The van der Waals surface area contributed by atoms with Gasteiger partial charge in [-0.3, -0.25) is 0 Å². The van der Waals surface area contributed by atoms with Crippen molar-refractivity contribution in [3.05, 3.63) is 29.6 Å².